The van der Waals surface area contributed by atoms with Crippen molar-refractivity contribution in [2.75, 3.05) is 13.1 Å². The average Bonchev–Trinajstić information content (AvgIpc) is 2.98. The second-order valence-electron chi connectivity index (χ2n) is 5.54. The first-order valence-electron chi connectivity index (χ1n) is 7.58. The first-order chi connectivity index (χ1) is 11.1. The molecule has 7 heteroatoms. The van der Waals surface area contributed by atoms with E-state index in [1.54, 1.807) is 24.0 Å². The molecule has 1 atom stereocenters. The molecule has 0 N–H and O–H groups in total. The third-order valence-corrected chi connectivity index (χ3v) is 4.11. The van der Waals surface area contributed by atoms with Crippen LogP contribution in [-0.4, -0.2) is 40.1 Å². The molecule has 0 unspecified atom stereocenters. The molecule has 23 heavy (non-hydrogen) atoms. The van der Waals surface area contributed by atoms with Crippen molar-refractivity contribution < 1.29 is 14.1 Å². The molecule has 1 amide bonds. The van der Waals surface area contributed by atoms with E-state index in [1.165, 1.54) is 0 Å². The lowest BCUT2D eigenvalue weighted by atomic mass is 10.1. The van der Waals surface area contributed by atoms with Crippen LogP contribution in [0.5, 0.6) is 0 Å². The molecule has 1 aliphatic heterocycles. The Morgan fingerprint density at radius 2 is 2.30 bits per heavy atom. The number of nitrogens with zero attached hydrogens (tertiary/aromatic N) is 3. The highest BCUT2D eigenvalue weighted by Gasteiger charge is 2.26. The van der Waals surface area contributed by atoms with Crippen LogP contribution in [0.4, 0.5) is 0 Å². The van der Waals surface area contributed by atoms with Crippen LogP contribution in [0.15, 0.2) is 28.8 Å². The van der Waals surface area contributed by atoms with Crippen LogP contribution in [-0.2, 0) is 11.3 Å². The van der Waals surface area contributed by atoms with Gasteiger partial charge in [0.05, 0.1) is 16.7 Å². The standard InChI is InChI=1S/C16H18ClN3O3/c1-11-18-15(23-19-11)10-22-12-5-4-8-20(9-12)16(21)13-6-2-3-7-14(13)17/h2-3,6-7,12H,4-5,8-10H2,1H3/t12-/m1/s1. The summed E-state index contributed by atoms with van der Waals surface area (Å²) in [5.41, 5.74) is 0.530. The molecule has 122 valence electrons. The summed E-state index contributed by atoms with van der Waals surface area (Å²) in [5.74, 6) is 0.984. The van der Waals surface area contributed by atoms with Gasteiger partial charge in [-0.05, 0) is 31.9 Å². The van der Waals surface area contributed by atoms with Crippen molar-refractivity contribution in [3.8, 4) is 0 Å². The number of hydrogen-bond donors (Lipinski definition) is 0. The van der Waals surface area contributed by atoms with Crippen LogP contribution in [0, 0.1) is 6.92 Å². The fourth-order valence-corrected chi connectivity index (χ4v) is 2.87. The molecule has 0 aliphatic carbocycles. The van der Waals surface area contributed by atoms with Crippen molar-refractivity contribution >= 4 is 17.5 Å². The Morgan fingerprint density at radius 1 is 1.48 bits per heavy atom. The summed E-state index contributed by atoms with van der Waals surface area (Å²) in [6.45, 7) is 3.28. The molecule has 0 saturated carbocycles. The average molecular weight is 336 g/mol. The van der Waals surface area contributed by atoms with E-state index < -0.39 is 0 Å². The fourth-order valence-electron chi connectivity index (χ4n) is 2.65. The predicted molar refractivity (Wildman–Crippen MR) is 84.2 cm³/mol. The highest BCUT2D eigenvalue weighted by Crippen LogP contribution is 2.21. The minimum atomic E-state index is -0.0578. The maximum absolute atomic E-state index is 12.6. The minimum Gasteiger partial charge on any atom is -0.367 e. The Bertz CT molecular complexity index is 689. The number of likely N-dealkylation sites (tertiary alicyclic amines) is 1. The Kier molecular flexibility index (Phi) is 4.93. The number of piperidine rings is 1. The Labute approximate surface area is 139 Å². The van der Waals surface area contributed by atoms with Crippen LogP contribution in [0.1, 0.15) is 34.9 Å². The number of carbonyl (C=O) groups excluding carboxylic acids is 1. The molecule has 0 radical (unpaired) electrons. The van der Waals surface area contributed by atoms with Gasteiger partial charge in [-0.3, -0.25) is 4.79 Å². The van der Waals surface area contributed by atoms with Gasteiger partial charge in [0, 0.05) is 13.1 Å². The molecule has 1 saturated heterocycles. The highest BCUT2D eigenvalue weighted by molar-refractivity contribution is 6.33. The second-order valence-corrected chi connectivity index (χ2v) is 5.95. The molecule has 1 aliphatic rings. The van der Waals surface area contributed by atoms with Gasteiger partial charge in [-0.2, -0.15) is 4.98 Å². The molecule has 1 fully saturated rings. The lowest BCUT2D eigenvalue weighted by Gasteiger charge is -2.32. The molecule has 0 spiro atoms. The van der Waals surface area contributed by atoms with E-state index in [-0.39, 0.29) is 18.6 Å². The van der Waals surface area contributed by atoms with Crippen molar-refractivity contribution in [2.45, 2.75) is 32.5 Å². The second kappa shape index (κ2) is 7.10. The third kappa shape index (κ3) is 3.89. The number of aromatic nitrogens is 2. The van der Waals surface area contributed by atoms with Crippen LogP contribution in [0.25, 0.3) is 0 Å². The van der Waals surface area contributed by atoms with Gasteiger partial charge in [0.1, 0.15) is 6.61 Å². The number of rotatable bonds is 4. The number of hydrogen-bond acceptors (Lipinski definition) is 5. The molecule has 0 bridgehead atoms. The summed E-state index contributed by atoms with van der Waals surface area (Å²) in [4.78, 5) is 18.5. The largest absolute Gasteiger partial charge is 0.367 e. The summed E-state index contributed by atoms with van der Waals surface area (Å²) in [5, 5.41) is 4.20. The van der Waals surface area contributed by atoms with E-state index in [0.29, 0.717) is 35.4 Å². The zero-order valence-corrected chi connectivity index (χ0v) is 13.6. The van der Waals surface area contributed by atoms with Gasteiger partial charge in [0.25, 0.3) is 11.8 Å². The number of benzene rings is 1. The van der Waals surface area contributed by atoms with Gasteiger partial charge < -0.3 is 14.2 Å². The third-order valence-electron chi connectivity index (χ3n) is 3.78. The fraction of sp³-hybridized carbons (Fsp3) is 0.438. The molecule has 2 heterocycles. The van der Waals surface area contributed by atoms with E-state index >= 15 is 0 Å². The lowest BCUT2D eigenvalue weighted by molar-refractivity contribution is -0.0153. The van der Waals surface area contributed by atoms with E-state index in [2.05, 4.69) is 10.1 Å². The monoisotopic (exact) mass is 335 g/mol. The SMILES string of the molecule is Cc1noc(CO[C@@H]2CCCN(C(=O)c3ccccc3Cl)C2)n1. The van der Waals surface area contributed by atoms with Crippen molar-refractivity contribution in [3.63, 3.8) is 0 Å². The van der Waals surface area contributed by atoms with Crippen molar-refractivity contribution in [3.05, 3.63) is 46.6 Å². The minimum absolute atomic E-state index is 0.0395. The normalized spacial score (nSPS) is 18.2. The molecule has 1 aromatic carbocycles. The summed E-state index contributed by atoms with van der Waals surface area (Å²) in [6, 6.07) is 7.10. The Morgan fingerprint density at radius 3 is 3.04 bits per heavy atom. The number of carbonyl (C=O) groups is 1. The van der Waals surface area contributed by atoms with Crippen molar-refractivity contribution in [2.24, 2.45) is 0 Å². The van der Waals surface area contributed by atoms with Crippen molar-refractivity contribution in [1.29, 1.82) is 0 Å². The van der Waals surface area contributed by atoms with E-state index in [0.717, 1.165) is 12.8 Å². The van der Waals surface area contributed by atoms with Crippen LogP contribution in [0.3, 0.4) is 0 Å². The molecule has 2 aromatic rings. The Balaban J connectivity index is 1.59. The molecular weight excluding hydrogens is 318 g/mol. The van der Waals surface area contributed by atoms with Crippen molar-refractivity contribution in [1.82, 2.24) is 15.0 Å². The summed E-state index contributed by atoms with van der Waals surface area (Å²) in [6.07, 6.45) is 1.76. The lowest BCUT2D eigenvalue weighted by Crippen LogP contribution is -2.43. The number of amides is 1. The first-order valence-corrected chi connectivity index (χ1v) is 7.96. The molecule has 3 rings (SSSR count). The number of halogens is 1. The predicted octanol–water partition coefficient (Wildman–Crippen LogP) is 2.85. The van der Waals surface area contributed by atoms with Gasteiger partial charge in [0.2, 0.25) is 0 Å². The summed E-state index contributed by atoms with van der Waals surface area (Å²) >= 11 is 6.11. The molecular formula is C16H18ClN3O3. The topological polar surface area (TPSA) is 68.5 Å². The first kappa shape index (κ1) is 16.0. The smallest absolute Gasteiger partial charge is 0.255 e. The Hall–Kier alpha value is -1.92. The van der Waals surface area contributed by atoms with Crippen LogP contribution < -0.4 is 0 Å². The van der Waals surface area contributed by atoms with Gasteiger partial charge in [-0.15, -0.1) is 0 Å². The number of ether oxygens (including phenoxy) is 1. The van der Waals surface area contributed by atoms with Gasteiger partial charge >= 0.3 is 0 Å². The van der Waals surface area contributed by atoms with Gasteiger partial charge in [0.15, 0.2) is 5.82 Å². The highest BCUT2D eigenvalue weighted by atomic mass is 35.5. The van der Waals surface area contributed by atoms with E-state index in [9.17, 15) is 4.79 Å². The molecule has 6 nitrogen and oxygen atoms in total. The van der Waals surface area contributed by atoms with Crippen LogP contribution >= 0.6 is 11.6 Å². The van der Waals surface area contributed by atoms with Crippen LogP contribution in [0.2, 0.25) is 5.02 Å². The summed E-state index contributed by atoms with van der Waals surface area (Å²) < 4.78 is 10.8. The molecule has 1 aromatic heterocycles. The number of aryl methyl sites for hydroxylation is 1. The quantitative estimate of drug-likeness (QED) is 0.859. The van der Waals surface area contributed by atoms with E-state index in [1.807, 2.05) is 12.1 Å². The zero-order chi connectivity index (χ0) is 16.2. The van der Waals surface area contributed by atoms with E-state index in [4.69, 9.17) is 20.9 Å². The summed E-state index contributed by atoms with van der Waals surface area (Å²) in [7, 11) is 0. The maximum Gasteiger partial charge on any atom is 0.255 e. The maximum atomic E-state index is 12.6. The zero-order valence-electron chi connectivity index (χ0n) is 12.9. The van der Waals surface area contributed by atoms with Gasteiger partial charge in [-0.25, -0.2) is 0 Å². The van der Waals surface area contributed by atoms with Gasteiger partial charge in [-0.1, -0.05) is 28.9 Å².